The first-order chi connectivity index (χ1) is 8.60. The lowest BCUT2D eigenvalue weighted by molar-refractivity contribution is -0.127. The molecule has 0 aliphatic carbocycles. The summed E-state index contributed by atoms with van der Waals surface area (Å²) in [6.07, 6.45) is 1.94. The Bertz CT molecular complexity index is 403. The maximum atomic E-state index is 12.2. The van der Waals surface area contributed by atoms with Gasteiger partial charge in [-0.1, -0.05) is 30.3 Å². The molecule has 1 amide bonds. The van der Waals surface area contributed by atoms with Crippen LogP contribution in [0.1, 0.15) is 25.3 Å². The van der Waals surface area contributed by atoms with Gasteiger partial charge in [0.1, 0.15) is 5.54 Å². The van der Waals surface area contributed by atoms with Crippen LogP contribution in [0.5, 0.6) is 0 Å². The van der Waals surface area contributed by atoms with E-state index in [1.165, 1.54) is 0 Å². The highest BCUT2D eigenvalue weighted by Crippen LogP contribution is 2.18. The highest BCUT2D eigenvalue weighted by Gasteiger charge is 2.32. The molecule has 1 aliphatic heterocycles. The third-order valence-corrected chi connectivity index (χ3v) is 3.34. The Kier molecular flexibility index (Phi) is 5.79. The number of halogens is 1. The molecule has 0 spiro atoms. The van der Waals surface area contributed by atoms with Gasteiger partial charge in [-0.15, -0.1) is 12.4 Å². The molecule has 0 saturated carbocycles. The second kappa shape index (κ2) is 6.89. The molecule has 1 aromatic rings. The van der Waals surface area contributed by atoms with E-state index in [1.54, 1.807) is 6.92 Å². The van der Waals surface area contributed by atoms with Crippen molar-refractivity contribution >= 4 is 18.3 Å². The minimum Gasteiger partial charge on any atom is -0.379 e. The normalized spacial score (nSPS) is 21.9. The van der Waals surface area contributed by atoms with Crippen LogP contribution in [-0.2, 0) is 15.1 Å². The summed E-state index contributed by atoms with van der Waals surface area (Å²) in [6, 6.07) is 9.51. The van der Waals surface area contributed by atoms with E-state index < -0.39 is 5.54 Å². The van der Waals surface area contributed by atoms with Crippen LogP contribution in [-0.4, -0.2) is 25.2 Å². The maximum absolute atomic E-state index is 12.2. The van der Waals surface area contributed by atoms with E-state index in [9.17, 15) is 4.79 Å². The van der Waals surface area contributed by atoms with Gasteiger partial charge in [0.25, 0.3) is 0 Å². The first-order valence-corrected chi connectivity index (χ1v) is 6.34. The summed E-state index contributed by atoms with van der Waals surface area (Å²) < 4.78 is 5.35. The predicted molar refractivity (Wildman–Crippen MR) is 77.2 cm³/mol. The van der Waals surface area contributed by atoms with Gasteiger partial charge in [-0.05, 0) is 25.3 Å². The Morgan fingerprint density at radius 1 is 1.42 bits per heavy atom. The van der Waals surface area contributed by atoms with Crippen LogP contribution in [0.3, 0.4) is 0 Å². The Labute approximate surface area is 120 Å². The highest BCUT2D eigenvalue weighted by atomic mass is 35.5. The minimum atomic E-state index is -1.00. The SMILES string of the molecule is CC(N)(C(=O)NC1CCCOC1)c1ccccc1.Cl. The van der Waals surface area contributed by atoms with Gasteiger partial charge in [-0.3, -0.25) is 4.79 Å². The number of carbonyl (C=O) groups is 1. The average Bonchev–Trinajstić information content (AvgIpc) is 2.41. The van der Waals surface area contributed by atoms with Gasteiger partial charge < -0.3 is 15.8 Å². The number of rotatable bonds is 3. The third-order valence-electron chi connectivity index (χ3n) is 3.34. The predicted octanol–water partition coefficient (Wildman–Crippen LogP) is 1.58. The van der Waals surface area contributed by atoms with Crippen LogP contribution in [0.15, 0.2) is 30.3 Å². The van der Waals surface area contributed by atoms with Crippen molar-refractivity contribution in [3.05, 3.63) is 35.9 Å². The fourth-order valence-electron chi connectivity index (χ4n) is 2.11. The fourth-order valence-corrected chi connectivity index (χ4v) is 2.11. The number of nitrogens with one attached hydrogen (secondary N) is 1. The van der Waals surface area contributed by atoms with E-state index in [0.29, 0.717) is 6.61 Å². The van der Waals surface area contributed by atoms with Crippen molar-refractivity contribution in [3.8, 4) is 0 Å². The molecule has 2 atom stereocenters. The van der Waals surface area contributed by atoms with E-state index in [4.69, 9.17) is 10.5 Å². The van der Waals surface area contributed by atoms with Crippen molar-refractivity contribution in [2.45, 2.75) is 31.3 Å². The van der Waals surface area contributed by atoms with Crippen molar-refractivity contribution in [2.24, 2.45) is 5.73 Å². The molecule has 2 unspecified atom stereocenters. The maximum Gasteiger partial charge on any atom is 0.244 e. The Morgan fingerprint density at radius 2 is 2.11 bits per heavy atom. The van der Waals surface area contributed by atoms with Crippen molar-refractivity contribution in [1.82, 2.24) is 5.32 Å². The van der Waals surface area contributed by atoms with E-state index in [0.717, 1.165) is 25.0 Å². The summed E-state index contributed by atoms with van der Waals surface area (Å²) in [5, 5.41) is 2.97. The summed E-state index contributed by atoms with van der Waals surface area (Å²) in [6.45, 7) is 3.10. The number of carbonyl (C=O) groups excluding carboxylic acids is 1. The van der Waals surface area contributed by atoms with Crippen molar-refractivity contribution in [2.75, 3.05) is 13.2 Å². The van der Waals surface area contributed by atoms with Gasteiger partial charge in [-0.2, -0.15) is 0 Å². The lowest BCUT2D eigenvalue weighted by Crippen LogP contribution is -2.53. The fraction of sp³-hybridized carbons (Fsp3) is 0.500. The highest BCUT2D eigenvalue weighted by molar-refractivity contribution is 5.87. The van der Waals surface area contributed by atoms with E-state index >= 15 is 0 Å². The Hall–Kier alpha value is -1.10. The van der Waals surface area contributed by atoms with E-state index in [-0.39, 0.29) is 24.4 Å². The Balaban J connectivity index is 0.00000180. The number of nitrogens with two attached hydrogens (primary N) is 1. The molecule has 3 N–H and O–H groups in total. The molecule has 0 aromatic heterocycles. The van der Waals surface area contributed by atoms with Gasteiger partial charge >= 0.3 is 0 Å². The van der Waals surface area contributed by atoms with Gasteiger partial charge in [0.15, 0.2) is 0 Å². The summed E-state index contributed by atoms with van der Waals surface area (Å²) >= 11 is 0. The number of ether oxygens (including phenoxy) is 1. The minimum absolute atomic E-state index is 0. The second-order valence-electron chi connectivity index (χ2n) is 4.96. The number of benzene rings is 1. The van der Waals surface area contributed by atoms with Crippen molar-refractivity contribution in [3.63, 3.8) is 0 Å². The monoisotopic (exact) mass is 284 g/mol. The van der Waals surface area contributed by atoms with Crippen LogP contribution in [0.2, 0.25) is 0 Å². The number of hydrogen-bond acceptors (Lipinski definition) is 3. The molecule has 0 bridgehead atoms. The van der Waals surface area contributed by atoms with Crippen LogP contribution in [0.25, 0.3) is 0 Å². The second-order valence-corrected chi connectivity index (χ2v) is 4.96. The quantitative estimate of drug-likeness (QED) is 0.886. The van der Waals surface area contributed by atoms with Gasteiger partial charge in [-0.25, -0.2) is 0 Å². The molecule has 1 saturated heterocycles. The summed E-state index contributed by atoms with van der Waals surface area (Å²) in [4.78, 5) is 12.2. The molecular formula is C14H21ClN2O2. The van der Waals surface area contributed by atoms with Gasteiger partial charge in [0.05, 0.1) is 12.6 Å². The zero-order valence-corrected chi connectivity index (χ0v) is 11.9. The first kappa shape index (κ1) is 16.0. The molecule has 2 rings (SSSR count). The van der Waals surface area contributed by atoms with Gasteiger partial charge in [0, 0.05) is 6.61 Å². The summed E-state index contributed by atoms with van der Waals surface area (Å²) in [5.74, 6) is -0.149. The first-order valence-electron chi connectivity index (χ1n) is 6.34. The number of hydrogen-bond donors (Lipinski definition) is 2. The molecule has 1 aliphatic rings. The molecule has 4 nitrogen and oxygen atoms in total. The summed E-state index contributed by atoms with van der Waals surface area (Å²) in [7, 11) is 0. The molecule has 0 radical (unpaired) electrons. The standard InChI is InChI=1S/C14H20N2O2.ClH/c1-14(15,11-6-3-2-4-7-11)13(17)16-12-8-5-9-18-10-12;/h2-4,6-7,12H,5,8-10,15H2,1H3,(H,16,17);1H. The van der Waals surface area contributed by atoms with Crippen LogP contribution < -0.4 is 11.1 Å². The van der Waals surface area contributed by atoms with Crippen molar-refractivity contribution < 1.29 is 9.53 Å². The van der Waals surface area contributed by atoms with E-state index in [2.05, 4.69) is 5.32 Å². The summed E-state index contributed by atoms with van der Waals surface area (Å²) in [5.41, 5.74) is 5.96. The molecular weight excluding hydrogens is 264 g/mol. The largest absolute Gasteiger partial charge is 0.379 e. The molecule has 19 heavy (non-hydrogen) atoms. The molecule has 106 valence electrons. The molecule has 1 heterocycles. The van der Waals surface area contributed by atoms with Crippen LogP contribution >= 0.6 is 12.4 Å². The van der Waals surface area contributed by atoms with Crippen LogP contribution in [0, 0.1) is 0 Å². The van der Waals surface area contributed by atoms with Crippen molar-refractivity contribution in [1.29, 1.82) is 0 Å². The lowest BCUT2D eigenvalue weighted by Gasteiger charge is -2.29. The Morgan fingerprint density at radius 3 is 2.68 bits per heavy atom. The average molecular weight is 285 g/mol. The van der Waals surface area contributed by atoms with Gasteiger partial charge in [0.2, 0.25) is 5.91 Å². The van der Waals surface area contributed by atoms with Crippen LogP contribution in [0.4, 0.5) is 0 Å². The zero-order valence-electron chi connectivity index (χ0n) is 11.1. The van der Waals surface area contributed by atoms with E-state index in [1.807, 2.05) is 30.3 Å². The molecule has 1 fully saturated rings. The topological polar surface area (TPSA) is 64.4 Å². The lowest BCUT2D eigenvalue weighted by atomic mass is 9.92. The third kappa shape index (κ3) is 3.93. The number of amides is 1. The molecule has 5 heteroatoms. The molecule has 1 aromatic carbocycles. The smallest absolute Gasteiger partial charge is 0.244 e. The zero-order chi connectivity index (χ0) is 13.0.